The number of carbonyl (C=O) groups is 1. The first kappa shape index (κ1) is 15.4. The Labute approximate surface area is 111 Å². The van der Waals surface area contributed by atoms with Crippen molar-refractivity contribution < 1.29 is 4.79 Å². The molecule has 0 aliphatic heterocycles. The first-order valence-corrected chi connectivity index (χ1v) is 7.43. The number of nitrogens with two attached hydrogens (primary N) is 1. The molecule has 2 unspecified atom stereocenters. The third-order valence-corrected chi connectivity index (χ3v) is 4.14. The van der Waals surface area contributed by atoms with Crippen molar-refractivity contribution in [1.82, 2.24) is 10.2 Å². The van der Waals surface area contributed by atoms with Gasteiger partial charge in [0.2, 0.25) is 5.91 Å². The Balaban J connectivity index is 2.17. The molecule has 0 aromatic heterocycles. The lowest BCUT2D eigenvalue weighted by Gasteiger charge is -2.19. The van der Waals surface area contributed by atoms with Crippen LogP contribution in [0.15, 0.2) is 0 Å². The van der Waals surface area contributed by atoms with Gasteiger partial charge in [-0.15, -0.1) is 0 Å². The molecule has 4 nitrogen and oxygen atoms in total. The molecule has 0 radical (unpaired) electrons. The summed E-state index contributed by atoms with van der Waals surface area (Å²) < 4.78 is 0. The van der Waals surface area contributed by atoms with Gasteiger partial charge in [0.25, 0.3) is 0 Å². The molecule has 1 saturated carbocycles. The van der Waals surface area contributed by atoms with Crippen LogP contribution in [-0.4, -0.2) is 43.5 Å². The minimum absolute atomic E-state index is 0.170. The van der Waals surface area contributed by atoms with Gasteiger partial charge in [-0.05, 0) is 51.4 Å². The predicted octanol–water partition coefficient (Wildman–Crippen LogP) is 1.21. The molecule has 1 rings (SSSR count). The third-order valence-electron chi connectivity index (χ3n) is 4.14. The molecule has 0 bridgehead atoms. The van der Waals surface area contributed by atoms with Gasteiger partial charge in [0.05, 0.1) is 0 Å². The van der Waals surface area contributed by atoms with Crippen LogP contribution in [0.1, 0.15) is 39.5 Å². The minimum atomic E-state index is 0.170. The summed E-state index contributed by atoms with van der Waals surface area (Å²) in [7, 11) is 0. The fourth-order valence-electron chi connectivity index (χ4n) is 2.85. The Morgan fingerprint density at radius 1 is 1.33 bits per heavy atom. The number of amides is 1. The fraction of sp³-hybridized carbons (Fsp3) is 0.929. The van der Waals surface area contributed by atoms with Crippen molar-refractivity contribution in [2.24, 2.45) is 17.6 Å². The molecule has 18 heavy (non-hydrogen) atoms. The monoisotopic (exact) mass is 255 g/mol. The summed E-state index contributed by atoms with van der Waals surface area (Å²) in [4.78, 5) is 14.4. The SMILES string of the molecule is CCN(CC)CCCNC(=O)C1CCCC1CN. The maximum absolute atomic E-state index is 12.0. The molecule has 0 aromatic rings. The number of hydrogen-bond donors (Lipinski definition) is 2. The molecule has 0 saturated heterocycles. The topological polar surface area (TPSA) is 58.4 Å². The van der Waals surface area contributed by atoms with E-state index in [0.717, 1.165) is 51.9 Å². The molecule has 2 atom stereocenters. The highest BCUT2D eigenvalue weighted by molar-refractivity contribution is 5.79. The molecule has 0 aromatic carbocycles. The average Bonchev–Trinajstić information content (AvgIpc) is 2.87. The molecular weight excluding hydrogens is 226 g/mol. The van der Waals surface area contributed by atoms with Crippen LogP contribution in [0.3, 0.4) is 0 Å². The molecule has 1 aliphatic carbocycles. The van der Waals surface area contributed by atoms with Gasteiger partial charge >= 0.3 is 0 Å². The summed E-state index contributed by atoms with van der Waals surface area (Å²) in [6, 6.07) is 0. The van der Waals surface area contributed by atoms with Crippen LogP contribution in [-0.2, 0) is 4.79 Å². The van der Waals surface area contributed by atoms with Crippen molar-refractivity contribution in [1.29, 1.82) is 0 Å². The smallest absolute Gasteiger partial charge is 0.223 e. The summed E-state index contributed by atoms with van der Waals surface area (Å²) >= 11 is 0. The summed E-state index contributed by atoms with van der Waals surface area (Å²) in [5, 5.41) is 3.07. The van der Waals surface area contributed by atoms with E-state index in [0.29, 0.717) is 12.5 Å². The van der Waals surface area contributed by atoms with E-state index in [1.165, 1.54) is 0 Å². The average molecular weight is 255 g/mol. The molecular formula is C14H29N3O. The Morgan fingerprint density at radius 3 is 2.67 bits per heavy atom. The minimum Gasteiger partial charge on any atom is -0.356 e. The first-order chi connectivity index (χ1) is 8.72. The lowest BCUT2D eigenvalue weighted by molar-refractivity contribution is -0.125. The van der Waals surface area contributed by atoms with Crippen molar-refractivity contribution in [3.05, 3.63) is 0 Å². The highest BCUT2D eigenvalue weighted by Gasteiger charge is 2.31. The highest BCUT2D eigenvalue weighted by atomic mass is 16.1. The maximum Gasteiger partial charge on any atom is 0.223 e. The van der Waals surface area contributed by atoms with Crippen LogP contribution < -0.4 is 11.1 Å². The quantitative estimate of drug-likeness (QED) is 0.641. The van der Waals surface area contributed by atoms with Crippen molar-refractivity contribution in [3.63, 3.8) is 0 Å². The van der Waals surface area contributed by atoms with E-state index in [4.69, 9.17) is 5.73 Å². The van der Waals surface area contributed by atoms with Gasteiger partial charge in [-0.2, -0.15) is 0 Å². The van der Waals surface area contributed by atoms with Crippen LogP contribution >= 0.6 is 0 Å². The van der Waals surface area contributed by atoms with Crippen molar-refractivity contribution in [2.75, 3.05) is 32.7 Å². The van der Waals surface area contributed by atoms with Crippen LogP contribution in [0.2, 0.25) is 0 Å². The summed E-state index contributed by atoms with van der Waals surface area (Å²) in [5.74, 6) is 0.804. The van der Waals surface area contributed by atoms with E-state index in [-0.39, 0.29) is 11.8 Å². The standard InChI is InChI=1S/C14H29N3O/c1-3-17(4-2)10-6-9-16-14(18)13-8-5-7-12(13)11-15/h12-13H,3-11,15H2,1-2H3,(H,16,18). The van der Waals surface area contributed by atoms with Crippen molar-refractivity contribution in [2.45, 2.75) is 39.5 Å². The summed E-state index contributed by atoms with van der Waals surface area (Å²) in [6.45, 7) is 9.03. The zero-order chi connectivity index (χ0) is 13.4. The van der Waals surface area contributed by atoms with E-state index < -0.39 is 0 Å². The van der Waals surface area contributed by atoms with E-state index in [2.05, 4.69) is 24.1 Å². The Morgan fingerprint density at radius 2 is 2.06 bits per heavy atom. The summed E-state index contributed by atoms with van der Waals surface area (Å²) in [5.41, 5.74) is 5.71. The number of nitrogens with one attached hydrogen (secondary N) is 1. The van der Waals surface area contributed by atoms with Gasteiger partial charge in [0, 0.05) is 12.5 Å². The number of hydrogen-bond acceptors (Lipinski definition) is 3. The van der Waals surface area contributed by atoms with Crippen molar-refractivity contribution >= 4 is 5.91 Å². The molecule has 1 fully saturated rings. The van der Waals surface area contributed by atoms with Gasteiger partial charge in [0.15, 0.2) is 0 Å². The van der Waals surface area contributed by atoms with Crippen LogP contribution in [0.5, 0.6) is 0 Å². The molecule has 106 valence electrons. The first-order valence-electron chi connectivity index (χ1n) is 7.43. The molecule has 0 heterocycles. The van der Waals surface area contributed by atoms with Gasteiger partial charge in [-0.3, -0.25) is 4.79 Å². The molecule has 1 aliphatic rings. The Hall–Kier alpha value is -0.610. The van der Waals surface area contributed by atoms with Crippen LogP contribution in [0.25, 0.3) is 0 Å². The second-order valence-corrected chi connectivity index (χ2v) is 5.20. The van der Waals surface area contributed by atoms with Gasteiger partial charge in [-0.1, -0.05) is 20.3 Å². The maximum atomic E-state index is 12.0. The highest BCUT2D eigenvalue weighted by Crippen LogP contribution is 2.30. The normalized spacial score (nSPS) is 23.6. The third kappa shape index (κ3) is 4.58. The second-order valence-electron chi connectivity index (χ2n) is 5.20. The number of carbonyl (C=O) groups excluding carboxylic acids is 1. The molecule has 1 amide bonds. The van der Waals surface area contributed by atoms with E-state index in [1.54, 1.807) is 0 Å². The largest absolute Gasteiger partial charge is 0.356 e. The van der Waals surface area contributed by atoms with Gasteiger partial charge < -0.3 is 16.0 Å². The lowest BCUT2D eigenvalue weighted by Crippen LogP contribution is -2.36. The molecule has 3 N–H and O–H groups in total. The van der Waals surface area contributed by atoms with Crippen LogP contribution in [0, 0.1) is 11.8 Å². The fourth-order valence-corrected chi connectivity index (χ4v) is 2.85. The zero-order valence-electron chi connectivity index (χ0n) is 12.0. The van der Waals surface area contributed by atoms with Crippen LogP contribution in [0.4, 0.5) is 0 Å². The van der Waals surface area contributed by atoms with Gasteiger partial charge in [-0.25, -0.2) is 0 Å². The van der Waals surface area contributed by atoms with Crippen molar-refractivity contribution in [3.8, 4) is 0 Å². The van der Waals surface area contributed by atoms with E-state index in [1.807, 2.05) is 0 Å². The lowest BCUT2D eigenvalue weighted by atomic mass is 9.95. The van der Waals surface area contributed by atoms with E-state index >= 15 is 0 Å². The second kappa shape index (κ2) is 8.48. The summed E-state index contributed by atoms with van der Waals surface area (Å²) in [6.07, 6.45) is 4.32. The molecule has 4 heteroatoms. The van der Waals surface area contributed by atoms with Gasteiger partial charge in [0.1, 0.15) is 0 Å². The van der Waals surface area contributed by atoms with E-state index in [9.17, 15) is 4.79 Å². The Kier molecular flexibility index (Phi) is 7.28. The number of nitrogens with zero attached hydrogens (tertiary/aromatic N) is 1. The Bertz CT molecular complexity index is 241. The number of rotatable bonds is 8. The predicted molar refractivity (Wildman–Crippen MR) is 75.3 cm³/mol. The zero-order valence-corrected chi connectivity index (χ0v) is 12.0. The molecule has 0 spiro atoms.